The van der Waals surface area contributed by atoms with E-state index in [4.69, 9.17) is 16.3 Å². The molecule has 0 saturated carbocycles. The van der Waals surface area contributed by atoms with Crippen molar-refractivity contribution in [1.29, 1.82) is 0 Å². The van der Waals surface area contributed by atoms with Crippen molar-refractivity contribution in [2.75, 3.05) is 37.7 Å². The lowest BCUT2D eigenvalue weighted by atomic mass is 10.2. The lowest BCUT2D eigenvalue weighted by Gasteiger charge is -2.35. The van der Waals surface area contributed by atoms with Crippen LogP contribution in [-0.2, 0) is 11.0 Å². The highest BCUT2D eigenvalue weighted by Gasteiger charge is 2.34. The van der Waals surface area contributed by atoms with E-state index in [1.54, 1.807) is 28.0 Å². The van der Waals surface area contributed by atoms with Crippen molar-refractivity contribution in [3.63, 3.8) is 0 Å². The van der Waals surface area contributed by atoms with E-state index in [2.05, 4.69) is 9.97 Å². The Kier molecular flexibility index (Phi) is 6.16. The van der Waals surface area contributed by atoms with Crippen molar-refractivity contribution in [2.24, 2.45) is 0 Å². The van der Waals surface area contributed by atoms with E-state index in [0.717, 1.165) is 11.6 Å². The summed E-state index contributed by atoms with van der Waals surface area (Å²) in [4.78, 5) is 23.3. The third-order valence-electron chi connectivity index (χ3n) is 4.56. The van der Waals surface area contributed by atoms with Gasteiger partial charge in [0.15, 0.2) is 6.61 Å². The van der Waals surface area contributed by atoms with Crippen molar-refractivity contribution >= 4 is 23.3 Å². The first-order chi connectivity index (χ1) is 13.6. The SMILES string of the molecule is Cc1nc(N2CCN(C(=O)COc3ccc(Cl)cc3C)CC2)cc(C(F)(F)F)n1. The molecule has 1 aliphatic rings. The smallest absolute Gasteiger partial charge is 0.433 e. The van der Waals surface area contributed by atoms with Gasteiger partial charge in [0.2, 0.25) is 0 Å². The van der Waals surface area contributed by atoms with Crippen LogP contribution in [0.25, 0.3) is 0 Å². The van der Waals surface area contributed by atoms with Gasteiger partial charge in [0.25, 0.3) is 5.91 Å². The minimum atomic E-state index is -4.53. The number of benzene rings is 1. The summed E-state index contributed by atoms with van der Waals surface area (Å²) in [7, 11) is 0. The number of rotatable bonds is 4. The third kappa shape index (κ3) is 5.29. The van der Waals surface area contributed by atoms with Crippen molar-refractivity contribution in [2.45, 2.75) is 20.0 Å². The van der Waals surface area contributed by atoms with E-state index in [-0.39, 0.29) is 24.2 Å². The number of nitrogens with zero attached hydrogens (tertiary/aromatic N) is 4. The Morgan fingerprint density at radius 3 is 2.45 bits per heavy atom. The second-order valence-corrected chi connectivity index (χ2v) is 7.16. The van der Waals surface area contributed by atoms with E-state index in [1.165, 1.54) is 6.92 Å². The minimum Gasteiger partial charge on any atom is -0.483 e. The zero-order valence-corrected chi connectivity index (χ0v) is 16.7. The summed E-state index contributed by atoms with van der Waals surface area (Å²) in [6.07, 6.45) is -4.53. The number of piperazine rings is 1. The molecule has 1 aromatic carbocycles. The molecule has 6 nitrogen and oxygen atoms in total. The van der Waals surface area contributed by atoms with Gasteiger partial charge < -0.3 is 14.5 Å². The maximum atomic E-state index is 13.0. The number of hydrogen-bond acceptors (Lipinski definition) is 5. The lowest BCUT2D eigenvalue weighted by molar-refractivity contribution is -0.141. The minimum absolute atomic E-state index is 0.0556. The van der Waals surface area contributed by atoms with E-state index in [9.17, 15) is 18.0 Å². The number of carbonyl (C=O) groups is 1. The Bertz CT molecular complexity index is 900. The molecule has 0 bridgehead atoms. The predicted octanol–water partition coefficient (Wildman–Crippen LogP) is 3.49. The number of carbonyl (C=O) groups excluding carboxylic acids is 1. The lowest BCUT2D eigenvalue weighted by Crippen LogP contribution is -2.50. The van der Waals surface area contributed by atoms with Crippen LogP contribution in [0.15, 0.2) is 24.3 Å². The van der Waals surface area contributed by atoms with Crippen LogP contribution >= 0.6 is 11.6 Å². The summed E-state index contributed by atoms with van der Waals surface area (Å²) in [6.45, 7) is 4.63. The molecule has 29 heavy (non-hydrogen) atoms. The summed E-state index contributed by atoms with van der Waals surface area (Å²) < 4.78 is 44.5. The van der Waals surface area contributed by atoms with Crippen LogP contribution in [0.1, 0.15) is 17.1 Å². The Morgan fingerprint density at radius 1 is 1.14 bits per heavy atom. The monoisotopic (exact) mass is 428 g/mol. The number of halogens is 4. The van der Waals surface area contributed by atoms with E-state index in [0.29, 0.717) is 37.0 Å². The van der Waals surface area contributed by atoms with Gasteiger partial charge in [-0.1, -0.05) is 11.6 Å². The largest absolute Gasteiger partial charge is 0.483 e. The van der Waals surface area contributed by atoms with Crippen molar-refractivity contribution in [1.82, 2.24) is 14.9 Å². The number of aryl methyl sites for hydroxylation is 2. The van der Waals surface area contributed by atoms with Gasteiger partial charge in [0.1, 0.15) is 23.1 Å². The molecule has 1 saturated heterocycles. The number of hydrogen-bond donors (Lipinski definition) is 0. The van der Waals surface area contributed by atoms with Gasteiger partial charge in [-0.3, -0.25) is 4.79 Å². The number of ether oxygens (including phenoxy) is 1. The molecule has 3 rings (SSSR count). The van der Waals surface area contributed by atoms with Gasteiger partial charge in [0.05, 0.1) is 0 Å². The molecule has 2 aromatic rings. The summed E-state index contributed by atoms with van der Waals surface area (Å²) in [5, 5.41) is 0.589. The first-order valence-corrected chi connectivity index (χ1v) is 9.36. The quantitative estimate of drug-likeness (QED) is 0.746. The standard InChI is InChI=1S/C19H20ClF3N4O2/c1-12-9-14(20)3-4-15(12)29-11-18(28)27-7-5-26(6-8-27)17-10-16(19(21,22)23)24-13(2)25-17/h3-4,9-10H,5-8,11H2,1-2H3. The molecule has 2 heterocycles. The van der Waals surface area contributed by atoms with Crippen LogP contribution in [0, 0.1) is 13.8 Å². The van der Waals surface area contributed by atoms with Gasteiger partial charge in [-0.25, -0.2) is 9.97 Å². The Labute approximate surface area is 171 Å². The van der Waals surface area contributed by atoms with Crippen molar-refractivity contribution in [3.8, 4) is 5.75 Å². The predicted molar refractivity (Wildman–Crippen MR) is 102 cm³/mol. The van der Waals surface area contributed by atoms with Gasteiger partial charge in [-0.05, 0) is 37.6 Å². The van der Waals surface area contributed by atoms with E-state index in [1.807, 2.05) is 6.92 Å². The zero-order chi connectivity index (χ0) is 21.2. The molecule has 1 aliphatic heterocycles. The molecule has 1 aromatic heterocycles. The Hall–Kier alpha value is -2.55. The molecular formula is C19H20ClF3N4O2. The molecule has 1 fully saturated rings. The molecule has 0 aliphatic carbocycles. The van der Waals surface area contributed by atoms with Crippen molar-refractivity contribution < 1.29 is 22.7 Å². The molecule has 156 valence electrons. The number of alkyl halides is 3. The van der Waals surface area contributed by atoms with Crippen LogP contribution in [0.4, 0.5) is 19.0 Å². The highest BCUT2D eigenvalue weighted by molar-refractivity contribution is 6.30. The summed E-state index contributed by atoms with van der Waals surface area (Å²) in [5.41, 5.74) is -0.139. The summed E-state index contributed by atoms with van der Waals surface area (Å²) in [5.74, 6) is 0.663. The normalized spacial score (nSPS) is 14.8. The van der Waals surface area contributed by atoms with Crippen LogP contribution in [0.3, 0.4) is 0 Å². The number of aromatic nitrogens is 2. The molecule has 0 atom stereocenters. The molecule has 1 amide bonds. The second-order valence-electron chi connectivity index (χ2n) is 6.72. The van der Waals surface area contributed by atoms with E-state index < -0.39 is 11.9 Å². The number of anilines is 1. The van der Waals surface area contributed by atoms with Gasteiger partial charge in [-0.15, -0.1) is 0 Å². The van der Waals surface area contributed by atoms with Crippen LogP contribution in [-0.4, -0.2) is 53.6 Å². The fourth-order valence-corrected chi connectivity index (χ4v) is 3.28. The van der Waals surface area contributed by atoms with Gasteiger partial charge >= 0.3 is 6.18 Å². The third-order valence-corrected chi connectivity index (χ3v) is 4.79. The topological polar surface area (TPSA) is 58.6 Å². The molecule has 0 N–H and O–H groups in total. The Morgan fingerprint density at radius 2 is 1.83 bits per heavy atom. The average Bonchev–Trinajstić information content (AvgIpc) is 2.66. The fraction of sp³-hybridized carbons (Fsp3) is 0.421. The van der Waals surface area contributed by atoms with Crippen LogP contribution < -0.4 is 9.64 Å². The van der Waals surface area contributed by atoms with Gasteiger partial charge in [-0.2, -0.15) is 13.2 Å². The Balaban J connectivity index is 1.57. The maximum absolute atomic E-state index is 13.0. The molecule has 0 spiro atoms. The molecule has 0 unspecified atom stereocenters. The first kappa shape index (κ1) is 21.2. The fourth-order valence-electron chi connectivity index (χ4n) is 3.05. The van der Waals surface area contributed by atoms with Gasteiger partial charge in [0, 0.05) is 37.3 Å². The number of amides is 1. The summed E-state index contributed by atoms with van der Waals surface area (Å²) >= 11 is 5.90. The summed E-state index contributed by atoms with van der Waals surface area (Å²) in [6, 6.07) is 6.08. The zero-order valence-electron chi connectivity index (χ0n) is 16.0. The molecule has 10 heteroatoms. The highest BCUT2D eigenvalue weighted by Crippen LogP contribution is 2.30. The maximum Gasteiger partial charge on any atom is 0.433 e. The van der Waals surface area contributed by atoms with Crippen LogP contribution in [0.5, 0.6) is 5.75 Å². The average molecular weight is 429 g/mol. The van der Waals surface area contributed by atoms with Crippen molar-refractivity contribution in [3.05, 3.63) is 46.4 Å². The highest BCUT2D eigenvalue weighted by atomic mass is 35.5. The van der Waals surface area contributed by atoms with Crippen LogP contribution in [0.2, 0.25) is 5.02 Å². The van der Waals surface area contributed by atoms with E-state index >= 15 is 0 Å². The second kappa shape index (κ2) is 8.44. The first-order valence-electron chi connectivity index (χ1n) is 8.98. The molecular weight excluding hydrogens is 409 g/mol. The molecule has 0 radical (unpaired) electrons.